The van der Waals surface area contributed by atoms with Crippen molar-refractivity contribution in [2.24, 2.45) is 0 Å². The molecule has 0 N–H and O–H groups in total. The molecule has 6 heteroatoms. The third-order valence-corrected chi connectivity index (χ3v) is 6.26. The number of fused-ring (bicyclic) bond motifs is 1. The molecule has 186 valence electrons. The standard InChI is InChI=1S/C30H30O6/c1-2-18-31-30-28(33-20-23-14-8-4-9-15-23)27(32-19-22-12-6-3-7-13-22)26-25(35-30)21-34-29(36-26)24-16-10-5-11-17-24/h1,3-17,25-30H,18-21H2/t25-,26-,27+,28-,29-,30+/m1/s1. The van der Waals surface area contributed by atoms with Crippen LogP contribution in [0.4, 0.5) is 0 Å². The van der Waals surface area contributed by atoms with E-state index in [9.17, 15) is 0 Å². The highest BCUT2D eigenvalue weighted by molar-refractivity contribution is 5.17. The van der Waals surface area contributed by atoms with Gasteiger partial charge in [0.15, 0.2) is 12.6 Å². The van der Waals surface area contributed by atoms with Crippen LogP contribution in [0.5, 0.6) is 0 Å². The molecular weight excluding hydrogens is 456 g/mol. The summed E-state index contributed by atoms with van der Waals surface area (Å²) in [7, 11) is 0. The molecule has 0 unspecified atom stereocenters. The van der Waals surface area contributed by atoms with Crippen molar-refractivity contribution < 1.29 is 28.4 Å². The fourth-order valence-corrected chi connectivity index (χ4v) is 4.49. The van der Waals surface area contributed by atoms with E-state index in [0.29, 0.717) is 19.8 Å². The van der Waals surface area contributed by atoms with Gasteiger partial charge in [0.1, 0.15) is 31.0 Å². The molecule has 0 aliphatic carbocycles. The summed E-state index contributed by atoms with van der Waals surface area (Å²) in [5, 5.41) is 0. The number of rotatable bonds is 9. The van der Waals surface area contributed by atoms with Crippen LogP contribution >= 0.6 is 0 Å². The lowest BCUT2D eigenvalue weighted by Crippen LogP contribution is -2.63. The van der Waals surface area contributed by atoms with Crippen LogP contribution in [-0.4, -0.2) is 43.9 Å². The topological polar surface area (TPSA) is 55.4 Å². The monoisotopic (exact) mass is 486 g/mol. The smallest absolute Gasteiger partial charge is 0.188 e. The van der Waals surface area contributed by atoms with Crippen LogP contribution in [0, 0.1) is 12.3 Å². The number of benzene rings is 3. The van der Waals surface area contributed by atoms with Crippen molar-refractivity contribution in [3.63, 3.8) is 0 Å². The normalized spacial score (nSPS) is 27.6. The molecule has 2 aliphatic heterocycles. The van der Waals surface area contributed by atoms with E-state index < -0.39 is 37.0 Å². The van der Waals surface area contributed by atoms with Crippen molar-refractivity contribution in [3.05, 3.63) is 108 Å². The van der Waals surface area contributed by atoms with Crippen LogP contribution in [0.1, 0.15) is 23.0 Å². The van der Waals surface area contributed by atoms with Gasteiger partial charge in [-0.2, -0.15) is 0 Å². The van der Waals surface area contributed by atoms with E-state index in [4.69, 9.17) is 34.8 Å². The Kier molecular flexibility index (Phi) is 8.42. The van der Waals surface area contributed by atoms with Crippen LogP contribution in [0.3, 0.4) is 0 Å². The predicted molar refractivity (Wildman–Crippen MR) is 133 cm³/mol. The quantitative estimate of drug-likeness (QED) is 0.411. The lowest BCUT2D eigenvalue weighted by Gasteiger charge is -2.48. The van der Waals surface area contributed by atoms with Gasteiger partial charge >= 0.3 is 0 Å². The van der Waals surface area contributed by atoms with Gasteiger partial charge in [-0.25, -0.2) is 0 Å². The number of terminal acetylenes is 1. The van der Waals surface area contributed by atoms with Crippen LogP contribution < -0.4 is 0 Å². The average molecular weight is 487 g/mol. The van der Waals surface area contributed by atoms with E-state index in [1.54, 1.807) is 0 Å². The Labute approximate surface area is 212 Å². The first-order valence-corrected chi connectivity index (χ1v) is 12.2. The zero-order chi connectivity index (χ0) is 24.6. The van der Waals surface area contributed by atoms with Crippen LogP contribution in [0.15, 0.2) is 91.0 Å². The summed E-state index contributed by atoms with van der Waals surface area (Å²) in [6, 6.07) is 29.8. The zero-order valence-electron chi connectivity index (χ0n) is 20.0. The van der Waals surface area contributed by atoms with Gasteiger partial charge < -0.3 is 28.4 Å². The van der Waals surface area contributed by atoms with Gasteiger partial charge in [-0.1, -0.05) is 96.9 Å². The second kappa shape index (κ2) is 12.3. The Morgan fingerprint density at radius 2 is 1.31 bits per heavy atom. The zero-order valence-corrected chi connectivity index (χ0v) is 20.0. The number of ether oxygens (including phenoxy) is 6. The van der Waals surface area contributed by atoms with Crippen molar-refractivity contribution in [2.45, 2.75) is 50.2 Å². The molecular formula is C30H30O6. The molecule has 0 saturated carbocycles. The molecule has 2 aliphatic rings. The minimum atomic E-state index is -0.729. The second-order valence-electron chi connectivity index (χ2n) is 8.76. The van der Waals surface area contributed by atoms with Gasteiger partial charge in [0, 0.05) is 5.56 Å². The SMILES string of the molecule is C#CCO[C@H]1O[C@@H]2CO[C@@H](c3ccccc3)O[C@H]2[C@H](OCc2ccccc2)[C@H]1OCc1ccccc1. The fourth-order valence-electron chi connectivity index (χ4n) is 4.49. The van der Waals surface area contributed by atoms with E-state index >= 15 is 0 Å². The lowest BCUT2D eigenvalue weighted by atomic mass is 9.97. The molecule has 0 bridgehead atoms. The second-order valence-corrected chi connectivity index (χ2v) is 8.76. The molecule has 6 atom stereocenters. The Balaban J connectivity index is 1.41. The third kappa shape index (κ3) is 6.03. The summed E-state index contributed by atoms with van der Waals surface area (Å²) in [5.74, 6) is 2.52. The summed E-state index contributed by atoms with van der Waals surface area (Å²) in [6.45, 7) is 1.18. The first-order valence-electron chi connectivity index (χ1n) is 12.2. The fraction of sp³-hybridized carbons (Fsp3) is 0.333. The van der Waals surface area contributed by atoms with Crippen molar-refractivity contribution in [2.75, 3.05) is 13.2 Å². The van der Waals surface area contributed by atoms with E-state index in [1.165, 1.54) is 0 Å². The van der Waals surface area contributed by atoms with Gasteiger partial charge in [-0.15, -0.1) is 6.42 Å². The van der Waals surface area contributed by atoms with Crippen molar-refractivity contribution in [1.29, 1.82) is 0 Å². The minimum Gasteiger partial charge on any atom is -0.368 e. The predicted octanol–water partition coefficient (Wildman–Crippen LogP) is 4.65. The summed E-state index contributed by atoms with van der Waals surface area (Å²) < 4.78 is 37.6. The highest BCUT2D eigenvalue weighted by Gasteiger charge is 2.51. The summed E-state index contributed by atoms with van der Waals surface area (Å²) in [4.78, 5) is 0. The average Bonchev–Trinajstić information content (AvgIpc) is 2.95. The number of hydrogen-bond donors (Lipinski definition) is 0. The first kappa shape index (κ1) is 24.7. The maximum absolute atomic E-state index is 6.52. The van der Waals surface area contributed by atoms with Crippen LogP contribution in [0.25, 0.3) is 0 Å². The van der Waals surface area contributed by atoms with Crippen molar-refractivity contribution >= 4 is 0 Å². The highest BCUT2D eigenvalue weighted by atomic mass is 16.8. The molecule has 0 radical (unpaired) electrons. The Bertz CT molecular complexity index is 1100. The van der Waals surface area contributed by atoms with Crippen molar-refractivity contribution in [1.82, 2.24) is 0 Å². The summed E-state index contributed by atoms with van der Waals surface area (Å²) in [5.41, 5.74) is 3.02. The minimum absolute atomic E-state index is 0.0903. The van der Waals surface area contributed by atoms with E-state index in [1.807, 2.05) is 91.0 Å². The molecule has 0 spiro atoms. The van der Waals surface area contributed by atoms with Gasteiger partial charge in [-0.3, -0.25) is 0 Å². The van der Waals surface area contributed by atoms with E-state index in [2.05, 4.69) is 5.92 Å². The summed E-state index contributed by atoms with van der Waals surface area (Å²) >= 11 is 0. The van der Waals surface area contributed by atoms with Gasteiger partial charge in [0.25, 0.3) is 0 Å². The first-order chi connectivity index (χ1) is 17.8. The molecule has 0 aromatic heterocycles. The molecule has 2 fully saturated rings. The Hall–Kier alpha value is -3.02. The molecule has 2 saturated heterocycles. The van der Waals surface area contributed by atoms with Gasteiger partial charge in [-0.05, 0) is 11.1 Å². The van der Waals surface area contributed by atoms with Gasteiger partial charge in [0.2, 0.25) is 0 Å². The van der Waals surface area contributed by atoms with Crippen molar-refractivity contribution in [3.8, 4) is 12.3 Å². The Morgan fingerprint density at radius 3 is 1.92 bits per heavy atom. The Morgan fingerprint density at radius 1 is 0.722 bits per heavy atom. The number of hydrogen-bond acceptors (Lipinski definition) is 6. The van der Waals surface area contributed by atoms with E-state index in [0.717, 1.165) is 16.7 Å². The molecule has 2 heterocycles. The van der Waals surface area contributed by atoms with Gasteiger partial charge in [0.05, 0.1) is 19.8 Å². The van der Waals surface area contributed by atoms with Crippen LogP contribution in [-0.2, 0) is 41.6 Å². The highest BCUT2D eigenvalue weighted by Crippen LogP contribution is 2.37. The maximum atomic E-state index is 6.52. The largest absolute Gasteiger partial charge is 0.368 e. The molecule has 3 aromatic carbocycles. The molecule has 5 rings (SSSR count). The molecule has 0 amide bonds. The molecule has 3 aromatic rings. The van der Waals surface area contributed by atoms with E-state index in [-0.39, 0.29) is 6.61 Å². The molecule has 6 nitrogen and oxygen atoms in total. The molecule has 36 heavy (non-hydrogen) atoms. The maximum Gasteiger partial charge on any atom is 0.188 e. The summed E-state index contributed by atoms with van der Waals surface area (Å²) in [6.07, 6.45) is 2.35. The van der Waals surface area contributed by atoms with Crippen LogP contribution in [0.2, 0.25) is 0 Å². The lowest BCUT2D eigenvalue weighted by molar-refractivity contribution is -0.371. The third-order valence-electron chi connectivity index (χ3n) is 6.26.